The van der Waals surface area contributed by atoms with Gasteiger partial charge in [-0.25, -0.2) is 18.5 Å². The van der Waals surface area contributed by atoms with E-state index in [-0.39, 0.29) is 15.9 Å². The van der Waals surface area contributed by atoms with Gasteiger partial charge in [0.1, 0.15) is 0 Å². The standard InChI is InChI=1S/C18H18BrN3O3S2/c1-3-22-16-9-8-14(27(20,24)25)10-15(16)21-18(22)26-11(2)17(23)12-4-6-13(19)7-5-12/h4-11H,3H2,1-2H3,(H2,20,24,25). The van der Waals surface area contributed by atoms with Crippen LogP contribution in [0.3, 0.4) is 0 Å². The van der Waals surface area contributed by atoms with Crippen molar-refractivity contribution in [2.45, 2.75) is 35.7 Å². The Morgan fingerprint density at radius 3 is 2.52 bits per heavy atom. The van der Waals surface area contributed by atoms with Crippen LogP contribution in [0, 0.1) is 0 Å². The van der Waals surface area contributed by atoms with E-state index in [4.69, 9.17) is 5.14 Å². The number of aromatic nitrogens is 2. The number of ketones is 1. The molecule has 27 heavy (non-hydrogen) atoms. The van der Waals surface area contributed by atoms with E-state index in [0.717, 1.165) is 9.99 Å². The Bertz CT molecular complexity index is 1110. The van der Waals surface area contributed by atoms with E-state index in [2.05, 4.69) is 20.9 Å². The van der Waals surface area contributed by atoms with Gasteiger partial charge in [0.05, 0.1) is 21.2 Å². The van der Waals surface area contributed by atoms with Crippen molar-refractivity contribution < 1.29 is 13.2 Å². The number of hydrogen-bond acceptors (Lipinski definition) is 5. The maximum absolute atomic E-state index is 12.7. The fraction of sp³-hybridized carbons (Fsp3) is 0.222. The van der Waals surface area contributed by atoms with Gasteiger partial charge in [-0.3, -0.25) is 4.79 Å². The number of hydrogen-bond donors (Lipinski definition) is 1. The molecule has 142 valence electrons. The van der Waals surface area contributed by atoms with E-state index >= 15 is 0 Å². The predicted molar refractivity (Wildman–Crippen MR) is 111 cm³/mol. The second-order valence-electron chi connectivity index (χ2n) is 5.97. The number of halogens is 1. The van der Waals surface area contributed by atoms with E-state index < -0.39 is 10.0 Å². The number of nitrogens with zero attached hydrogens (tertiary/aromatic N) is 2. The molecule has 0 aliphatic carbocycles. The van der Waals surface area contributed by atoms with Crippen LogP contribution in [0.5, 0.6) is 0 Å². The van der Waals surface area contributed by atoms with Gasteiger partial charge in [0.2, 0.25) is 10.0 Å². The van der Waals surface area contributed by atoms with Crippen molar-refractivity contribution in [3.63, 3.8) is 0 Å². The van der Waals surface area contributed by atoms with Crippen molar-refractivity contribution in [3.05, 3.63) is 52.5 Å². The summed E-state index contributed by atoms with van der Waals surface area (Å²) in [6.45, 7) is 4.46. The van der Waals surface area contributed by atoms with E-state index in [1.165, 1.54) is 23.9 Å². The summed E-state index contributed by atoms with van der Waals surface area (Å²) in [5, 5.41) is 5.53. The first-order valence-electron chi connectivity index (χ1n) is 8.20. The molecule has 3 aromatic rings. The molecule has 0 amide bonds. The number of thioether (sulfide) groups is 1. The van der Waals surface area contributed by atoms with E-state index in [9.17, 15) is 13.2 Å². The average Bonchev–Trinajstić information content (AvgIpc) is 2.97. The Balaban J connectivity index is 1.93. The number of Topliss-reactive ketones (excluding diaryl/α,β-unsaturated/α-hetero) is 1. The zero-order chi connectivity index (χ0) is 19.8. The number of sulfonamides is 1. The SMILES string of the molecule is CCn1c(SC(C)C(=O)c2ccc(Br)cc2)nc2cc(S(N)(=O)=O)ccc21. The number of primary sulfonamides is 1. The largest absolute Gasteiger partial charge is 0.319 e. The van der Waals surface area contributed by atoms with Gasteiger partial charge in [0.25, 0.3) is 0 Å². The van der Waals surface area contributed by atoms with Gasteiger partial charge in [-0.15, -0.1) is 0 Å². The molecule has 0 spiro atoms. The van der Waals surface area contributed by atoms with Gasteiger partial charge in [-0.1, -0.05) is 39.8 Å². The lowest BCUT2D eigenvalue weighted by atomic mass is 10.1. The van der Waals surface area contributed by atoms with Crippen molar-refractivity contribution in [2.75, 3.05) is 0 Å². The summed E-state index contributed by atoms with van der Waals surface area (Å²) in [4.78, 5) is 17.2. The minimum absolute atomic E-state index is 0.00688. The lowest BCUT2D eigenvalue weighted by Crippen LogP contribution is -2.14. The molecular formula is C18H18BrN3O3S2. The fourth-order valence-electron chi connectivity index (χ4n) is 2.72. The summed E-state index contributed by atoms with van der Waals surface area (Å²) in [6, 6.07) is 11.9. The van der Waals surface area contributed by atoms with Crippen molar-refractivity contribution >= 4 is 54.5 Å². The first-order valence-corrected chi connectivity index (χ1v) is 11.4. The maximum Gasteiger partial charge on any atom is 0.238 e. The third-order valence-electron chi connectivity index (χ3n) is 4.11. The Kier molecular flexibility index (Phi) is 5.76. The van der Waals surface area contributed by atoms with E-state index in [0.29, 0.717) is 22.8 Å². The highest BCUT2D eigenvalue weighted by molar-refractivity contribution is 9.10. The zero-order valence-electron chi connectivity index (χ0n) is 14.7. The molecule has 6 nitrogen and oxygen atoms in total. The molecule has 1 atom stereocenters. The lowest BCUT2D eigenvalue weighted by Gasteiger charge is -2.11. The number of imidazole rings is 1. The van der Waals surface area contributed by atoms with Gasteiger partial charge in [-0.2, -0.15) is 0 Å². The Morgan fingerprint density at radius 1 is 1.26 bits per heavy atom. The number of benzene rings is 2. The number of rotatable bonds is 6. The monoisotopic (exact) mass is 467 g/mol. The highest BCUT2D eigenvalue weighted by Gasteiger charge is 2.21. The van der Waals surface area contributed by atoms with Crippen LogP contribution in [0.2, 0.25) is 0 Å². The van der Waals surface area contributed by atoms with Crippen LogP contribution in [0.25, 0.3) is 11.0 Å². The van der Waals surface area contributed by atoms with Crippen LogP contribution in [0.1, 0.15) is 24.2 Å². The van der Waals surface area contributed by atoms with Crippen molar-refractivity contribution in [2.24, 2.45) is 5.14 Å². The molecule has 9 heteroatoms. The Hall–Kier alpha value is -1.68. The minimum atomic E-state index is -3.79. The second-order valence-corrected chi connectivity index (χ2v) is 9.75. The smallest absolute Gasteiger partial charge is 0.238 e. The van der Waals surface area contributed by atoms with Crippen LogP contribution < -0.4 is 5.14 Å². The molecule has 0 aliphatic rings. The van der Waals surface area contributed by atoms with E-state index in [1.54, 1.807) is 18.2 Å². The van der Waals surface area contributed by atoms with Crippen molar-refractivity contribution in [1.82, 2.24) is 9.55 Å². The summed E-state index contributed by atoms with van der Waals surface area (Å²) in [7, 11) is -3.79. The van der Waals surface area contributed by atoms with Crippen LogP contribution in [0.4, 0.5) is 0 Å². The van der Waals surface area contributed by atoms with Crippen LogP contribution in [-0.2, 0) is 16.6 Å². The van der Waals surface area contributed by atoms with Crippen LogP contribution in [0.15, 0.2) is 57.0 Å². The summed E-state index contributed by atoms with van der Waals surface area (Å²) in [5.74, 6) is 0.00688. The molecule has 0 fully saturated rings. The number of carbonyl (C=O) groups is 1. The highest BCUT2D eigenvalue weighted by Crippen LogP contribution is 2.30. The first-order chi connectivity index (χ1) is 12.7. The molecular weight excluding hydrogens is 450 g/mol. The lowest BCUT2D eigenvalue weighted by molar-refractivity contribution is 0.0994. The molecule has 2 aromatic carbocycles. The molecule has 0 radical (unpaired) electrons. The zero-order valence-corrected chi connectivity index (χ0v) is 17.9. The second kappa shape index (κ2) is 7.75. The quantitative estimate of drug-likeness (QED) is 0.438. The third kappa shape index (κ3) is 4.26. The maximum atomic E-state index is 12.7. The van der Waals surface area contributed by atoms with Gasteiger partial charge in [0, 0.05) is 16.6 Å². The van der Waals surface area contributed by atoms with Crippen molar-refractivity contribution in [1.29, 1.82) is 0 Å². The first kappa shape index (κ1) is 20.1. The van der Waals surface area contributed by atoms with Gasteiger partial charge < -0.3 is 4.57 Å². The number of carbonyl (C=O) groups excluding carboxylic acids is 1. The third-order valence-corrected chi connectivity index (χ3v) is 6.64. The summed E-state index contributed by atoms with van der Waals surface area (Å²) >= 11 is 4.71. The van der Waals surface area contributed by atoms with E-state index in [1.807, 2.05) is 30.5 Å². The molecule has 2 N–H and O–H groups in total. The normalized spacial score (nSPS) is 13.0. The summed E-state index contributed by atoms with van der Waals surface area (Å²) in [6.07, 6.45) is 0. The van der Waals surface area contributed by atoms with Crippen LogP contribution in [-0.4, -0.2) is 29.0 Å². The minimum Gasteiger partial charge on any atom is -0.319 e. The Labute approximate surface area is 170 Å². The molecule has 3 rings (SSSR count). The Morgan fingerprint density at radius 2 is 1.93 bits per heavy atom. The molecule has 1 heterocycles. The van der Waals surface area contributed by atoms with Gasteiger partial charge in [0.15, 0.2) is 10.9 Å². The topological polar surface area (TPSA) is 95.0 Å². The molecule has 0 bridgehead atoms. The fourth-order valence-corrected chi connectivity index (χ4v) is 4.58. The highest BCUT2D eigenvalue weighted by atomic mass is 79.9. The number of fused-ring (bicyclic) bond motifs is 1. The molecule has 1 aromatic heterocycles. The molecule has 0 saturated heterocycles. The van der Waals surface area contributed by atoms with Gasteiger partial charge >= 0.3 is 0 Å². The van der Waals surface area contributed by atoms with Crippen molar-refractivity contribution in [3.8, 4) is 0 Å². The molecule has 0 saturated carbocycles. The predicted octanol–water partition coefficient (Wildman–Crippen LogP) is 3.83. The molecule has 1 unspecified atom stereocenters. The number of nitrogens with two attached hydrogens (primary N) is 1. The van der Waals surface area contributed by atoms with Crippen LogP contribution >= 0.6 is 27.7 Å². The average molecular weight is 468 g/mol. The summed E-state index contributed by atoms with van der Waals surface area (Å²) in [5.41, 5.74) is 1.97. The van der Waals surface area contributed by atoms with Gasteiger partial charge in [-0.05, 0) is 44.2 Å². The summed E-state index contributed by atoms with van der Waals surface area (Å²) < 4.78 is 26.0. The molecule has 0 aliphatic heterocycles. The number of aryl methyl sites for hydroxylation is 1.